The highest BCUT2D eigenvalue weighted by molar-refractivity contribution is 5.82. The van der Waals surface area contributed by atoms with E-state index in [4.69, 9.17) is 5.73 Å². The number of carbonyl (C=O) groups is 1. The van der Waals surface area contributed by atoms with Crippen molar-refractivity contribution in [2.24, 2.45) is 17.6 Å². The first kappa shape index (κ1) is 15.3. The molecular weight excluding hydrogens is 245 g/mol. The van der Waals surface area contributed by atoms with E-state index in [-0.39, 0.29) is 30.7 Å². The third kappa shape index (κ3) is 4.15. The second kappa shape index (κ2) is 5.91. The summed E-state index contributed by atoms with van der Waals surface area (Å²) < 4.78 is 37.4. The minimum absolute atomic E-state index is 0.0246. The second-order valence-electron chi connectivity index (χ2n) is 5.37. The molecule has 0 aliphatic heterocycles. The quantitative estimate of drug-likeness (QED) is 0.823. The Hall–Kier alpha value is -0.780. The number of hydrogen-bond acceptors (Lipinski definition) is 2. The van der Waals surface area contributed by atoms with Gasteiger partial charge in [0.15, 0.2) is 0 Å². The average Bonchev–Trinajstić information content (AvgIpc) is 2.27. The maximum Gasteiger partial charge on any atom is 0.391 e. The number of rotatable bonds is 3. The minimum atomic E-state index is -4.11. The number of hydrogen-bond donors (Lipinski definition) is 2. The molecule has 0 aromatic carbocycles. The summed E-state index contributed by atoms with van der Waals surface area (Å²) in [6.07, 6.45) is -3.18. The zero-order valence-corrected chi connectivity index (χ0v) is 10.8. The van der Waals surface area contributed by atoms with Gasteiger partial charge in [-0.3, -0.25) is 4.79 Å². The van der Waals surface area contributed by atoms with E-state index in [0.717, 1.165) is 0 Å². The Morgan fingerprint density at radius 3 is 2.11 bits per heavy atom. The van der Waals surface area contributed by atoms with E-state index in [1.54, 1.807) is 0 Å². The predicted molar refractivity (Wildman–Crippen MR) is 62.8 cm³/mol. The van der Waals surface area contributed by atoms with Gasteiger partial charge in [-0.1, -0.05) is 13.8 Å². The lowest BCUT2D eigenvalue weighted by atomic mass is 9.85. The number of alkyl halides is 3. The van der Waals surface area contributed by atoms with E-state index < -0.39 is 18.1 Å². The normalized spacial score (nSPS) is 27.1. The van der Waals surface area contributed by atoms with Gasteiger partial charge in [0.25, 0.3) is 0 Å². The van der Waals surface area contributed by atoms with Gasteiger partial charge in [0.05, 0.1) is 12.0 Å². The Morgan fingerprint density at radius 2 is 1.72 bits per heavy atom. The van der Waals surface area contributed by atoms with Gasteiger partial charge in [-0.25, -0.2) is 0 Å². The molecule has 1 aliphatic rings. The predicted octanol–water partition coefficient (Wildman–Crippen LogP) is 2.21. The molecule has 1 atom stereocenters. The molecule has 1 saturated carbocycles. The highest BCUT2D eigenvalue weighted by Gasteiger charge is 2.41. The monoisotopic (exact) mass is 266 g/mol. The highest BCUT2D eigenvalue weighted by atomic mass is 19.4. The topological polar surface area (TPSA) is 55.1 Å². The molecule has 106 valence electrons. The third-order valence-corrected chi connectivity index (χ3v) is 3.56. The molecule has 0 bridgehead atoms. The fraction of sp³-hybridized carbons (Fsp3) is 0.917. The molecule has 0 spiro atoms. The molecule has 1 rings (SSSR count). The van der Waals surface area contributed by atoms with Crippen LogP contribution in [0.2, 0.25) is 0 Å². The van der Waals surface area contributed by atoms with Crippen molar-refractivity contribution in [1.29, 1.82) is 0 Å². The number of halogens is 3. The molecule has 0 unspecified atom stereocenters. The molecule has 1 fully saturated rings. The molecule has 6 heteroatoms. The van der Waals surface area contributed by atoms with Gasteiger partial charge < -0.3 is 11.1 Å². The van der Waals surface area contributed by atoms with Crippen molar-refractivity contribution in [2.75, 3.05) is 0 Å². The molecule has 1 aliphatic carbocycles. The molecule has 0 aromatic rings. The van der Waals surface area contributed by atoms with Crippen LogP contribution in [0.3, 0.4) is 0 Å². The first-order valence-corrected chi connectivity index (χ1v) is 6.34. The van der Waals surface area contributed by atoms with Crippen LogP contribution in [0, 0.1) is 11.8 Å². The van der Waals surface area contributed by atoms with Crippen LogP contribution in [0.25, 0.3) is 0 Å². The van der Waals surface area contributed by atoms with Crippen molar-refractivity contribution in [3.63, 3.8) is 0 Å². The van der Waals surface area contributed by atoms with Gasteiger partial charge in [-0.2, -0.15) is 13.2 Å². The molecule has 0 aromatic heterocycles. The van der Waals surface area contributed by atoms with Crippen LogP contribution in [0.1, 0.15) is 39.5 Å². The molecule has 0 heterocycles. The first-order chi connectivity index (χ1) is 8.21. The van der Waals surface area contributed by atoms with Gasteiger partial charge in [-0.05, 0) is 31.6 Å². The fourth-order valence-corrected chi connectivity index (χ4v) is 2.17. The van der Waals surface area contributed by atoms with Crippen LogP contribution < -0.4 is 11.1 Å². The van der Waals surface area contributed by atoms with Crippen LogP contribution in [-0.4, -0.2) is 24.2 Å². The summed E-state index contributed by atoms with van der Waals surface area (Å²) in [7, 11) is 0. The number of nitrogens with two attached hydrogens (primary N) is 1. The average molecular weight is 266 g/mol. The summed E-state index contributed by atoms with van der Waals surface area (Å²) in [6.45, 7) is 3.68. The van der Waals surface area contributed by atoms with Crippen LogP contribution in [-0.2, 0) is 4.79 Å². The van der Waals surface area contributed by atoms with E-state index >= 15 is 0 Å². The fourth-order valence-electron chi connectivity index (χ4n) is 2.17. The molecule has 3 nitrogen and oxygen atoms in total. The summed E-state index contributed by atoms with van der Waals surface area (Å²) in [4.78, 5) is 11.7. The van der Waals surface area contributed by atoms with Crippen molar-refractivity contribution in [3.05, 3.63) is 0 Å². The van der Waals surface area contributed by atoms with Crippen LogP contribution in [0.15, 0.2) is 0 Å². The maximum absolute atomic E-state index is 12.5. The summed E-state index contributed by atoms with van der Waals surface area (Å²) in [5, 5.41) is 2.74. The standard InChI is InChI=1S/C12H21F3N2O/c1-7(2)10(16)11(18)17-9-5-3-8(4-6-9)12(13,14)15/h7-10H,3-6,16H2,1-2H3,(H,17,18)/t8?,9?,10-/m1/s1. The smallest absolute Gasteiger partial charge is 0.352 e. The highest BCUT2D eigenvalue weighted by Crippen LogP contribution is 2.37. The Balaban J connectivity index is 2.38. The first-order valence-electron chi connectivity index (χ1n) is 6.34. The van der Waals surface area contributed by atoms with Crippen molar-refractivity contribution in [2.45, 2.75) is 57.8 Å². The Labute approximate surface area is 105 Å². The summed E-state index contributed by atoms with van der Waals surface area (Å²) in [6, 6.07) is -0.758. The minimum Gasteiger partial charge on any atom is -0.352 e. The zero-order valence-electron chi connectivity index (χ0n) is 10.8. The summed E-state index contributed by atoms with van der Waals surface area (Å²) in [5.74, 6) is -1.46. The van der Waals surface area contributed by atoms with Crippen LogP contribution in [0.4, 0.5) is 13.2 Å². The Bertz CT molecular complexity index is 284. The third-order valence-electron chi connectivity index (χ3n) is 3.56. The zero-order chi connectivity index (χ0) is 13.9. The van der Waals surface area contributed by atoms with Gasteiger partial charge >= 0.3 is 6.18 Å². The molecule has 18 heavy (non-hydrogen) atoms. The lowest BCUT2D eigenvalue weighted by molar-refractivity contribution is -0.182. The van der Waals surface area contributed by atoms with Crippen LogP contribution >= 0.6 is 0 Å². The van der Waals surface area contributed by atoms with Crippen molar-refractivity contribution < 1.29 is 18.0 Å². The van der Waals surface area contributed by atoms with Gasteiger partial charge in [0.2, 0.25) is 5.91 Å². The molecule has 3 N–H and O–H groups in total. The van der Waals surface area contributed by atoms with Gasteiger partial charge in [0.1, 0.15) is 0 Å². The van der Waals surface area contributed by atoms with E-state index in [0.29, 0.717) is 12.8 Å². The van der Waals surface area contributed by atoms with E-state index in [1.807, 2.05) is 13.8 Å². The van der Waals surface area contributed by atoms with Gasteiger partial charge in [-0.15, -0.1) is 0 Å². The number of nitrogens with one attached hydrogen (secondary N) is 1. The van der Waals surface area contributed by atoms with Crippen LogP contribution in [0.5, 0.6) is 0 Å². The van der Waals surface area contributed by atoms with Crippen molar-refractivity contribution in [3.8, 4) is 0 Å². The molecule has 1 amide bonds. The van der Waals surface area contributed by atoms with E-state index in [9.17, 15) is 18.0 Å². The summed E-state index contributed by atoms with van der Waals surface area (Å²) >= 11 is 0. The lowest BCUT2D eigenvalue weighted by Gasteiger charge is -2.31. The molecule has 0 radical (unpaired) electrons. The number of carbonyl (C=O) groups excluding carboxylic acids is 1. The van der Waals surface area contributed by atoms with Crippen molar-refractivity contribution in [1.82, 2.24) is 5.32 Å². The van der Waals surface area contributed by atoms with Gasteiger partial charge in [0, 0.05) is 6.04 Å². The second-order valence-corrected chi connectivity index (χ2v) is 5.37. The molecule has 0 saturated heterocycles. The Morgan fingerprint density at radius 1 is 1.22 bits per heavy atom. The number of amides is 1. The lowest BCUT2D eigenvalue weighted by Crippen LogP contribution is -2.49. The largest absolute Gasteiger partial charge is 0.391 e. The Kier molecular flexibility index (Phi) is 5.01. The van der Waals surface area contributed by atoms with E-state index in [2.05, 4.69) is 5.32 Å². The van der Waals surface area contributed by atoms with Crippen molar-refractivity contribution >= 4 is 5.91 Å². The van der Waals surface area contributed by atoms with E-state index in [1.165, 1.54) is 0 Å². The maximum atomic E-state index is 12.5. The molecular formula is C12H21F3N2O. The SMILES string of the molecule is CC(C)[C@@H](N)C(=O)NC1CCC(C(F)(F)F)CC1. The summed E-state index contributed by atoms with van der Waals surface area (Å²) in [5.41, 5.74) is 5.68.